The lowest BCUT2D eigenvalue weighted by Gasteiger charge is -2.20. The van der Waals surface area contributed by atoms with Crippen LogP contribution >= 0.6 is 0 Å². The maximum absolute atomic E-state index is 13.7. The van der Waals surface area contributed by atoms with E-state index in [-0.39, 0.29) is 19.5 Å². The third-order valence-electron chi connectivity index (χ3n) is 3.40. The zero-order valence-electron chi connectivity index (χ0n) is 10.8. The van der Waals surface area contributed by atoms with Crippen molar-refractivity contribution in [3.8, 4) is 0 Å². The number of rotatable bonds is 3. The van der Waals surface area contributed by atoms with E-state index in [0.717, 1.165) is 10.4 Å². The monoisotopic (exact) mass is 302 g/mol. The predicted octanol–water partition coefficient (Wildman–Crippen LogP) is 0.311. The number of carboxylic acid groups (broad SMARTS) is 1. The smallest absolute Gasteiger partial charge is 0.325 e. The zero-order chi connectivity index (χ0) is 15.1. The summed E-state index contributed by atoms with van der Waals surface area (Å²) in [7, 11) is -4.08. The van der Waals surface area contributed by atoms with E-state index in [4.69, 9.17) is 10.8 Å². The molecule has 1 aliphatic rings. The van der Waals surface area contributed by atoms with E-state index in [1.54, 1.807) is 6.92 Å². The van der Waals surface area contributed by atoms with E-state index in [2.05, 4.69) is 0 Å². The van der Waals surface area contributed by atoms with E-state index in [1.165, 1.54) is 12.1 Å². The molecule has 1 aliphatic heterocycles. The number of halogens is 1. The summed E-state index contributed by atoms with van der Waals surface area (Å²) in [6.45, 7) is 1.24. The molecule has 0 aliphatic carbocycles. The van der Waals surface area contributed by atoms with Crippen molar-refractivity contribution in [1.82, 2.24) is 4.31 Å². The molecule has 1 aromatic rings. The molecule has 1 aromatic carbocycles. The highest BCUT2D eigenvalue weighted by atomic mass is 32.2. The van der Waals surface area contributed by atoms with Gasteiger partial charge in [0.15, 0.2) is 0 Å². The minimum Gasteiger partial charge on any atom is -0.480 e. The van der Waals surface area contributed by atoms with Gasteiger partial charge < -0.3 is 10.8 Å². The van der Waals surface area contributed by atoms with Gasteiger partial charge in [-0.25, -0.2) is 12.8 Å². The number of hydrogen-bond acceptors (Lipinski definition) is 4. The van der Waals surface area contributed by atoms with Crippen LogP contribution in [0.15, 0.2) is 23.1 Å². The molecule has 0 amide bonds. The molecule has 0 radical (unpaired) electrons. The molecule has 1 unspecified atom stereocenters. The average molecular weight is 302 g/mol. The molecule has 0 bridgehead atoms. The fraction of sp³-hybridized carbons (Fsp3) is 0.417. The Morgan fingerprint density at radius 1 is 1.50 bits per heavy atom. The SMILES string of the molecule is Cc1ccc(F)c(S(=O)(=O)N2CCC(N)(C(=O)O)C2)c1. The number of nitrogens with zero attached hydrogens (tertiary/aromatic N) is 1. The average Bonchev–Trinajstić information content (AvgIpc) is 2.77. The van der Waals surface area contributed by atoms with Crippen LogP contribution in [0.3, 0.4) is 0 Å². The number of hydrogen-bond donors (Lipinski definition) is 2. The second-order valence-corrected chi connectivity index (χ2v) is 6.89. The van der Waals surface area contributed by atoms with E-state index in [9.17, 15) is 17.6 Å². The van der Waals surface area contributed by atoms with Gasteiger partial charge in [-0.1, -0.05) is 6.07 Å². The van der Waals surface area contributed by atoms with Crippen LogP contribution in [0.1, 0.15) is 12.0 Å². The number of benzene rings is 1. The Kier molecular flexibility index (Phi) is 3.57. The highest BCUT2D eigenvalue weighted by molar-refractivity contribution is 7.89. The van der Waals surface area contributed by atoms with Crippen molar-refractivity contribution in [2.75, 3.05) is 13.1 Å². The third-order valence-corrected chi connectivity index (χ3v) is 5.26. The molecule has 1 saturated heterocycles. The van der Waals surface area contributed by atoms with Gasteiger partial charge in [-0.2, -0.15) is 4.31 Å². The quantitative estimate of drug-likeness (QED) is 0.837. The van der Waals surface area contributed by atoms with Crippen molar-refractivity contribution in [2.24, 2.45) is 5.73 Å². The summed E-state index contributed by atoms with van der Waals surface area (Å²) in [6, 6.07) is 3.76. The van der Waals surface area contributed by atoms with Crippen LogP contribution in [-0.2, 0) is 14.8 Å². The Hall–Kier alpha value is -1.51. The predicted molar refractivity (Wildman–Crippen MR) is 69.1 cm³/mol. The molecule has 110 valence electrons. The highest BCUT2D eigenvalue weighted by Gasteiger charge is 2.46. The molecule has 1 atom stereocenters. The molecule has 1 heterocycles. The van der Waals surface area contributed by atoms with Gasteiger partial charge >= 0.3 is 5.97 Å². The molecule has 0 saturated carbocycles. The molecule has 2 rings (SSSR count). The second kappa shape index (κ2) is 4.80. The molecular formula is C12H15FN2O4S. The standard InChI is InChI=1S/C12H15FN2O4S/c1-8-2-3-9(13)10(6-8)20(18,19)15-5-4-12(14,7-15)11(16)17/h2-3,6H,4-5,7,14H2,1H3,(H,16,17). The molecule has 0 spiro atoms. The molecule has 6 nitrogen and oxygen atoms in total. The summed E-state index contributed by atoms with van der Waals surface area (Å²) in [5.41, 5.74) is 4.62. The van der Waals surface area contributed by atoms with Crippen molar-refractivity contribution in [3.05, 3.63) is 29.6 Å². The first kappa shape index (κ1) is 14.9. The lowest BCUT2D eigenvalue weighted by atomic mass is 10.0. The second-order valence-electron chi connectivity index (χ2n) is 4.98. The number of sulfonamides is 1. The molecule has 3 N–H and O–H groups in total. The van der Waals surface area contributed by atoms with Gasteiger partial charge in [-0.15, -0.1) is 0 Å². The van der Waals surface area contributed by atoms with Crippen LogP contribution in [0.2, 0.25) is 0 Å². The molecule has 20 heavy (non-hydrogen) atoms. The van der Waals surface area contributed by atoms with E-state index >= 15 is 0 Å². The summed E-state index contributed by atoms with van der Waals surface area (Å²) in [6.07, 6.45) is -0.00496. The number of nitrogens with two attached hydrogens (primary N) is 1. The lowest BCUT2D eigenvalue weighted by molar-refractivity contribution is -0.142. The third kappa shape index (κ3) is 2.41. The first-order valence-corrected chi connectivity index (χ1v) is 7.39. The van der Waals surface area contributed by atoms with Crippen molar-refractivity contribution < 1.29 is 22.7 Å². The van der Waals surface area contributed by atoms with E-state index in [0.29, 0.717) is 5.56 Å². The van der Waals surface area contributed by atoms with Gasteiger partial charge in [0.1, 0.15) is 16.3 Å². The maximum atomic E-state index is 13.7. The van der Waals surface area contributed by atoms with E-state index in [1.807, 2.05) is 0 Å². The van der Waals surface area contributed by atoms with Gasteiger partial charge in [0, 0.05) is 13.1 Å². The Bertz CT molecular complexity index is 661. The van der Waals surface area contributed by atoms with Crippen LogP contribution < -0.4 is 5.73 Å². The van der Waals surface area contributed by atoms with Crippen molar-refractivity contribution >= 4 is 16.0 Å². The van der Waals surface area contributed by atoms with Crippen molar-refractivity contribution in [3.63, 3.8) is 0 Å². The minimum atomic E-state index is -4.08. The Morgan fingerprint density at radius 3 is 2.70 bits per heavy atom. The fourth-order valence-electron chi connectivity index (χ4n) is 2.12. The largest absolute Gasteiger partial charge is 0.480 e. The number of carboxylic acids is 1. The summed E-state index contributed by atoms with van der Waals surface area (Å²) >= 11 is 0. The highest BCUT2D eigenvalue weighted by Crippen LogP contribution is 2.27. The number of carbonyl (C=O) groups is 1. The summed E-state index contributed by atoms with van der Waals surface area (Å²) in [5, 5.41) is 9.00. The van der Waals surface area contributed by atoms with Crippen LogP contribution in [0.25, 0.3) is 0 Å². The van der Waals surface area contributed by atoms with Crippen molar-refractivity contribution in [2.45, 2.75) is 23.8 Å². The summed E-state index contributed by atoms with van der Waals surface area (Å²) in [5.74, 6) is -2.12. The van der Waals surface area contributed by atoms with Gasteiger partial charge in [0.2, 0.25) is 10.0 Å². The van der Waals surface area contributed by atoms with E-state index < -0.39 is 32.2 Å². The van der Waals surface area contributed by atoms with Crippen LogP contribution in [0, 0.1) is 12.7 Å². The van der Waals surface area contributed by atoms with Gasteiger partial charge in [0.25, 0.3) is 0 Å². The number of aliphatic carboxylic acids is 1. The summed E-state index contributed by atoms with van der Waals surface area (Å²) in [4.78, 5) is 10.6. The van der Waals surface area contributed by atoms with Gasteiger partial charge in [0.05, 0.1) is 0 Å². The molecule has 0 aromatic heterocycles. The normalized spacial score (nSPS) is 23.9. The molecule has 1 fully saturated rings. The van der Waals surface area contributed by atoms with Crippen LogP contribution in [0.4, 0.5) is 4.39 Å². The van der Waals surface area contributed by atoms with Gasteiger partial charge in [-0.05, 0) is 31.0 Å². The first-order valence-electron chi connectivity index (χ1n) is 5.95. The maximum Gasteiger partial charge on any atom is 0.325 e. The fourth-order valence-corrected chi connectivity index (χ4v) is 3.78. The molecular weight excluding hydrogens is 287 g/mol. The van der Waals surface area contributed by atoms with Crippen LogP contribution in [-0.4, -0.2) is 42.4 Å². The first-order chi connectivity index (χ1) is 9.17. The molecule has 8 heteroatoms. The van der Waals surface area contributed by atoms with Crippen LogP contribution in [0.5, 0.6) is 0 Å². The minimum absolute atomic E-state index is 0.00496. The van der Waals surface area contributed by atoms with Crippen molar-refractivity contribution in [1.29, 1.82) is 0 Å². The Balaban J connectivity index is 2.38. The topological polar surface area (TPSA) is 101 Å². The lowest BCUT2D eigenvalue weighted by Crippen LogP contribution is -2.50. The Labute approximate surface area is 116 Å². The summed E-state index contributed by atoms with van der Waals surface area (Å²) < 4.78 is 39.3. The number of aryl methyl sites for hydroxylation is 1. The zero-order valence-corrected chi connectivity index (χ0v) is 11.7. The Morgan fingerprint density at radius 2 is 2.15 bits per heavy atom. The van der Waals surface area contributed by atoms with Gasteiger partial charge in [-0.3, -0.25) is 4.79 Å².